The number of aliphatic imine (C=N–C) groups is 1. The largest absolute Gasteiger partial charge is 0.490 e. The smallest absolute Gasteiger partial charge is 0.334 e. The molecule has 3 rings (SSSR count). The number of nitro benzene ring substituents is 1. The molecule has 10 heteroatoms. The van der Waals surface area contributed by atoms with Crippen LogP contribution in [-0.4, -0.2) is 39.6 Å². The molecule has 1 aliphatic heterocycles. The summed E-state index contributed by atoms with van der Waals surface area (Å²) in [6.07, 6.45) is 0.802. The van der Waals surface area contributed by atoms with E-state index in [4.69, 9.17) is 20.1 Å². The van der Waals surface area contributed by atoms with E-state index in [0.717, 1.165) is 35.3 Å². The van der Waals surface area contributed by atoms with Crippen LogP contribution in [0.2, 0.25) is 0 Å². The summed E-state index contributed by atoms with van der Waals surface area (Å²) in [5, 5.41) is 25.8. The summed E-state index contributed by atoms with van der Waals surface area (Å²) in [6, 6.07) is 3.52. The van der Waals surface area contributed by atoms with Gasteiger partial charge in [-0.2, -0.15) is 0 Å². The van der Waals surface area contributed by atoms with Gasteiger partial charge < -0.3 is 14.9 Å². The maximum Gasteiger partial charge on any atom is 0.334 e. The molecule has 0 spiro atoms. The molecule has 0 atom stereocenters. The number of H-pyrrole nitrogens is 1. The highest BCUT2D eigenvalue weighted by Crippen LogP contribution is 2.38. The van der Waals surface area contributed by atoms with Crippen LogP contribution >= 0.6 is 0 Å². The third-order valence-electron chi connectivity index (χ3n) is 3.49. The molecule has 0 unspecified atom stereocenters. The van der Waals surface area contributed by atoms with Crippen molar-refractivity contribution in [1.82, 2.24) is 4.98 Å². The number of fused-ring (bicyclic) bond motifs is 3. The van der Waals surface area contributed by atoms with E-state index in [2.05, 4.69) is 9.98 Å². The van der Waals surface area contributed by atoms with Crippen LogP contribution in [0.5, 0.6) is 5.75 Å². The monoisotopic (exact) mass is 322 g/mol. The minimum absolute atomic E-state index is 0.0119. The Bertz CT molecular complexity index is 806. The lowest BCUT2D eigenvalue weighted by molar-refractivity contribution is -0.742. The summed E-state index contributed by atoms with van der Waals surface area (Å²) in [5.41, 5.74) is 3.41. The lowest BCUT2D eigenvalue weighted by Gasteiger charge is -2.09. The molecule has 0 aliphatic carbocycles. The average molecular weight is 322 g/mol. The minimum Gasteiger partial charge on any atom is -0.490 e. The van der Waals surface area contributed by atoms with Crippen LogP contribution in [0.4, 0.5) is 5.69 Å². The number of aromatic amines is 1. The summed E-state index contributed by atoms with van der Waals surface area (Å²) < 4.78 is 5.08. The van der Waals surface area contributed by atoms with Crippen LogP contribution in [0.15, 0.2) is 17.1 Å². The molecule has 122 valence electrons. The van der Waals surface area contributed by atoms with Gasteiger partial charge in [-0.25, -0.2) is 0 Å². The standard InChI is InChI=1S/C13H13N3O3.HNO3/c1-7-11-9(5-6-14-7)8-3-4-10(19-2)13(16(17)18)12(8)15-11;2-1(3)4/h3-4,15H,5-6H2,1-2H3;(H,2,3,4). The van der Waals surface area contributed by atoms with Gasteiger partial charge in [0.1, 0.15) is 5.52 Å². The lowest BCUT2D eigenvalue weighted by Crippen LogP contribution is -2.08. The van der Waals surface area contributed by atoms with Crippen molar-refractivity contribution in [2.75, 3.05) is 13.7 Å². The first-order valence-electron chi connectivity index (χ1n) is 6.57. The molecule has 1 aromatic heterocycles. The van der Waals surface area contributed by atoms with Crippen LogP contribution in [0.1, 0.15) is 18.2 Å². The second kappa shape index (κ2) is 6.30. The normalized spacial score (nSPS) is 12.7. The van der Waals surface area contributed by atoms with Crippen LogP contribution in [-0.2, 0) is 6.42 Å². The van der Waals surface area contributed by atoms with Crippen molar-refractivity contribution in [3.63, 3.8) is 0 Å². The molecule has 23 heavy (non-hydrogen) atoms. The Balaban J connectivity index is 0.000000433. The highest BCUT2D eigenvalue weighted by Gasteiger charge is 2.25. The van der Waals surface area contributed by atoms with Gasteiger partial charge in [0.15, 0.2) is 5.75 Å². The maximum atomic E-state index is 11.3. The van der Waals surface area contributed by atoms with E-state index in [1.165, 1.54) is 7.11 Å². The molecule has 0 saturated heterocycles. The molecule has 0 radical (unpaired) electrons. The number of methoxy groups -OCH3 is 1. The first-order valence-corrected chi connectivity index (χ1v) is 6.57. The fourth-order valence-corrected chi connectivity index (χ4v) is 2.61. The molecule has 1 aromatic carbocycles. The van der Waals surface area contributed by atoms with E-state index in [9.17, 15) is 10.1 Å². The topological polar surface area (TPSA) is 144 Å². The first-order chi connectivity index (χ1) is 10.9. The molecule has 0 bridgehead atoms. The molecule has 0 saturated carbocycles. The fourth-order valence-electron chi connectivity index (χ4n) is 2.61. The number of nitrogens with one attached hydrogen (secondary N) is 1. The van der Waals surface area contributed by atoms with Gasteiger partial charge in [-0.05, 0) is 31.0 Å². The Morgan fingerprint density at radius 2 is 2.00 bits per heavy atom. The second-order valence-electron chi connectivity index (χ2n) is 4.73. The van der Waals surface area contributed by atoms with Crippen molar-refractivity contribution in [3.05, 3.63) is 43.6 Å². The van der Waals surface area contributed by atoms with E-state index in [-0.39, 0.29) is 11.4 Å². The van der Waals surface area contributed by atoms with E-state index in [0.29, 0.717) is 5.52 Å². The zero-order chi connectivity index (χ0) is 17.1. The van der Waals surface area contributed by atoms with Gasteiger partial charge in [0.25, 0.3) is 5.09 Å². The quantitative estimate of drug-likeness (QED) is 0.640. The Morgan fingerprint density at radius 3 is 2.57 bits per heavy atom. The van der Waals surface area contributed by atoms with Crippen molar-refractivity contribution in [3.8, 4) is 5.75 Å². The second-order valence-corrected chi connectivity index (χ2v) is 4.73. The molecular formula is C13H14N4O6. The Labute approximate surface area is 129 Å². The summed E-state index contributed by atoms with van der Waals surface area (Å²) in [6.45, 7) is 2.64. The number of rotatable bonds is 2. The van der Waals surface area contributed by atoms with Crippen molar-refractivity contribution in [2.45, 2.75) is 13.3 Å². The first kappa shape index (κ1) is 16.2. The van der Waals surface area contributed by atoms with Gasteiger partial charge in [0.05, 0.1) is 23.4 Å². The molecule has 1 aliphatic rings. The minimum atomic E-state index is -1.50. The number of benzene rings is 1. The van der Waals surface area contributed by atoms with E-state index < -0.39 is 10.0 Å². The van der Waals surface area contributed by atoms with Gasteiger partial charge in [-0.15, -0.1) is 10.1 Å². The van der Waals surface area contributed by atoms with Gasteiger partial charge in [0.2, 0.25) is 0 Å². The number of nitro groups is 1. The number of ether oxygens (including phenoxy) is 1. The highest BCUT2D eigenvalue weighted by atomic mass is 16.9. The molecule has 0 fully saturated rings. The number of hydrogen-bond acceptors (Lipinski definition) is 6. The van der Waals surface area contributed by atoms with Crippen LogP contribution in [0, 0.1) is 20.2 Å². The van der Waals surface area contributed by atoms with E-state index in [1.807, 2.05) is 13.0 Å². The SMILES string of the molecule is COc1ccc2c3c([nH]c2c1[N+](=O)[O-])C(C)=NCC3.O=[N+]([O-])O. The average Bonchev–Trinajstić information content (AvgIpc) is 2.85. The molecule has 2 heterocycles. The Kier molecular flexibility index (Phi) is 4.44. The zero-order valence-corrected chi connectivity index (χ0v) is 12.4. The molecule has 10 nitrogen and oxygen atoms in total. The fraction of sp³-hybridized carbons (Fsp3) is 0.308. The third-order valence-corrected chi connectivity index (χ3v) is 3.49. The van der Waals surface area contributed by atoms with Crippen molar-refractivity contribution in [2.24, 2.45) is 4.99 Å². The number of aromatic nitrogens is 1. The zero-order valence-electron chi connectivity index (χ0n) is 12.4. The van der Waals surface area contributed by atoms with E-state index >= 15 is 0 Å². The Morgan fingerprint density at radius 1 is 1.35 bits per heavy atom. The van der Waals surface area contributed by atoms with Crippen molar-refractivity contribution >= 4 is 22.3 Å². The maximum absolute atomic E-state index is 11.3. The van der Waals surface area contributed by atoms with Crippen molar-refractivity contribution in [1.29, 1.82) is 0 Å². The highest BCUT2D eigenvalue weighted by molar-refractivity contribution is 6.07. The van der Waals surface area contributed by atoms with Crippen LogP contribution in [0.3, 0.4) is 0 Å². The van der Waals surface area contributed by atoms with E-state index in [1.54, 1.807) is 6.07 Å². The summed E-state index contributed by atoms with van der Waals surface area (Å²) in [4.78, 5) is 26.7. The molecule has 2 N–H and O–H groups in total. The molecule has 2 aromatic rings. The lowest BCUT2D eigenvalue weighted by atomic mass is 10.0. The number of hydrogen-bond donors (Lipinski definition) is 2. The predicted molar refractivity (Wildman–Crippen MR) is 81.1 cm³/mol. The Hall–Kier alpha value is -3.17. The van der Waals surface area contributed by atoms with Crippen molar-refractivity contribution < 1.29 is 20.0 Å². The number of nitrogens with zero attached hydrogens (tertiary/aromatic N) is 3. The molecule has 0 amide bonds. The predicted octanol–water partition coefficient (Wildman–Crippen LogP) is 2.10. The van der Waals surface area contributed by atoms with Gasteiger partial charge in [-0.1, -0.05) is 0 Å². The van der Waals surface area contributed by atoms with Gasteiger partial charge in [-0.3, -0.25) is 15.1 Å². The van der Waals surface area contributed by atoms with Crippen LogP contribution < -0.4 is 4.74 Å². The third kappa shape index (κ3) is 3.05. The van der Waals surface area contributed by atoms with Crippen LogP contribution in [0.25, 0.3) is 10.9 Å². The van der Waals surface area contributed by atoms with Gasteiger partial charge in [0, 0.05) is 11.9 Å². The molecular weight excluding hydrogens is 308 g/mol. The van der Waals surface area contributed by atoms with Gasteiger partial charge >= 0.3 is 5.69 Å². The summed E-state index contributed by atoms with van der Waals surface area (Å²) in [7, 11) is 1.43. The summed E-state index contributed by atoms with van der Waals surface area (Å²) in [5.74, 6) is 0.269. The summed E-state index contributed by atoms with van der Waals surface area (Å²) >= 11 is 0.